The van der Waals surface area contributed by atoms with Gasteiger partial charge in [0.25, 0.3) is 0 Å². The van der Waals surface area contributed by atoms with Gasteiger partial charge in [0.15, 0.2) is 5.16 Å². The molecule has 88 valence electrons. The van der Waals surface area contributed by atoms with E-state index in [1.165, 1.54) is 11.1 Å². The van der Waals surface area contributed by atoms with Crippen LogP contribution in [0.2, 0.25) is 0 Å². The Morgan fingerprint density at radius 3 is 2.29 bits per heavy atom. The van der Waals surface area contributed by atoms with Gasteiger partial charge in [-0.3, -0.25) is 0 Å². The van der Waals surface area contributed by atoms with E-state index in [0.29, 0.717) is 5.92 Å². The largest absolute Gasteiger partial charge is 0.231 e. The van der Waals surface area contributed by atoms with Crippen LogP contribution in [0.5, 0.6) is 0 Å². The lowest BCUT2D eigenvalue weighted by molar-refractivity contribution is 0.866. The first-order valence-corrected chi connectivity index (χ1v) is 6.73. The molecule has 17 heavy (non-hydrogen) atoms. The minimum absolute atomic E-state index is 0.592. The van der Waals surface area contributed by atoms with Crippen molar-refractivity contribution in [3.8, 4) is 0 Å². The van der Waals surface area contributed by atoms with Crippen LogP contribution >= 0.6 is 11.8 Å². The van der Waals surface area contributed by atoms with Gasteiger partial charge >= 0.3 is 0 Å². The minimum atomic E-state index is 0.592. The molecule has 1 aromatic heterocycles. The normalized spacial score (nSPS) is 10.8. The maximum Gasteiger partial charge on any atom is 0.187 e. The zero-order valence-electron chi connectivity index (χ0n) is 10.1. The molecule has 0 aliphatic carbocycles. The third-order valence-corrected chi connectivity index (χ3v) is 3.50. The molecule has 0 radical (unpaired) electrons. The molecule has 0 aliphatic heterocycles. The van der Waals surface area contributed by atoms with E-state index in [1.54, 1.807) is 24.2 Å². The van der Waals surface area contributed by atoms with Crippen LogP contribution in [0.3, 0.4) is 0 Å². The third kappa shape index (κ3) is 3.56. The van der Waals surface area contributed by atoms with Crippen LogP contribution < -0.4 is 0 Å². The molecule has 2 nitrogen and oxygen atoms in total. The molecule has 0 saturated carbocycles. The minimum Gasteiger partial charge on any atom is -0.231 e. The van der Waals surface area contributed by atoms with Gasteiger partial charge in [0, 0.05) is 18.1 Å². The van der Waals surface area contributed by atoms with Crippen molar-refractivity contribution in [1.29, 1.82) is 0 Å². The lowest BCUT2D eigenvalue weighted by Crippen LogP contribution is -1.89. The number of nitrogens with zero attached hydrogens (tertiary/aromatic N) is 2. The highest BCUT2D eigenvalue weighted by Crippen LogP contribution is 2.20. The van der Waals surface area contributed by atoms with Crippen molar-refractivity contribution in [1.82, 2.24) is 9.97 Å². The zero-order chi connectivity index (χ0) is 12.1. The van der Waals surface area contributed by atoms with E-state index in [0.717, 1.165) is 10.9 Å². The van der Waals surface area contributed by atoms with Crippen molar-refractivity contribution < 1.29 is 0 Å². The summed E-state index contributed by atoms with van der Waals surface area (Å²) < 4.78 is 0. The Balaban J connectivity index is 1.96. The summed E-state index contributed by atoms with van der Waals surface area (Å²) in [6.45, 7) is 4.42. The van der Waals surface area contributed by atoms with Crippen LogP contribution in [-0.2, 0) is 5.75 Å². The number of rotatable bonds is 4. The third-order valence-electron chi connectivity index (χ3n) is 2.56. The summed E-state index contributed by atoms with van der Waals surface area (Å²) >= 11 is 1.67. The van der Waals surface area contributed by atoms with Gasteiger partial charge in [0.05, 0.1) is 0 Å². The first-order chi connectivity index (χ1) is 8.25. The molecule has 0 atom stereocenters. The Hall–Kier alpha value is -1.35. The average Bonchev–Trinajstić information content (AvgIpc) is 2.38. The molecule has 0 unspecified atom stereocenters. The molecule has 3 heteroatoms. The summed E-state index contributed by atoms with van der Waals surface area (Å²) in [5.41, 5.74) is 2.70. The van der Waals surface area contributed by atoms with Crippen molar-refractivity contribution in [3.05, 3.63) is 53.9 Å². The molecule has 0 fully saturated rings. The first kappa shape index (κ1) is 12.1. The Kier molecular flexibility index (Phi) is 4.15. The van der Waals surface area contributed by atoms with E-state index in [-0.39, 0.29) is 0 Å². The van der Waals surface area contributed by atoms with E-state index >= 15 is 0 Å². The molecule has 0 aliphatic rings. The maximum atomic E-state index is 4.19. The van der Waals surface area contributed by atoms with Crippen LogP contribution in [0.25, 0.3) is 0 Å². The van der Waals surface area contributed by atoms with Crippen molar-refractivity contribution in [2.45, 2.75) is 30.7 Å². The van der Waals surface area contributed by atoms with Crippen molar-refractivity contribution >= 4 is 11.8 Å². The second-order valence-corrected chi connectivity index (χ2v) is 5.16. The molecular weight excluding hydrogens is 228 g/mol. The van der Waals surface area contributed by atoms with Crippen LogP contribution in [0.4, 0.5) is 0 Å². The monoisotopic (exact) mass is 244 g/mol. The average molecular weight is 244 g/mol. The van der Waals surface area contributed by atoms with Gasteiger partial charge in [-0.25, -0.2) is 9.97 Å². The van der Waals surface area contributed by atoms with Gasteiger partial charge in [-0.15, -0.1) is 0 Å². The lowest BCUT2D eigenvalue weighted by atomic mass is 10.0. The summed E-state index contributed by atoms with van der Waals surface area (Å²) in [7, 11) is 0. The number of aromatic nitrogens is 2. The molecule has 0 spiro atoms. The van der Waals surface area contributed by atoms with E-state index in [4.69, 9.17) is 0 Å². The fraction of sp³-hybridized carbons (Fsp3) is 0.286. The van der Waals surface area contributed by atoms with Gasteiger partial charge in [-0.1, -0.05) is 49.9 Å². The molecule has 2 rings (SSSR count). The molecule has 1 heterocycles. The summed E-state index contributed by atoms with van der Waals surface area (Å²) in [4.78, 5) is 8.38. The lowest BCUT2D eigenvalue weighted by Gasteiger charge is -2.06. The molecule has 0 N–H and O–H groups in total. The first-order valence-electron chi connectivity index (χ1n) is 5.74. The topological polar surface area (TPSA) is 25.8 Å². The Labute approximate surface area is 107 Å². The number of hydrogen-bond donors (Lipinski definition) is 0. The Morgan fingerprint density at radius 1 is 1.06 bits per heavy atom. The second-order valence-electron chi connectivity index (χ2n) is 4.22. The van der Waals surface area contributed by atoms with Crippen LogP contribution in [0, 0.1) is 0 Å². The summed E-state index contributed by atoms with van der Waals surface area (Å²) in [6.07, 6.45) is 3.55. The van der Waals surface area contributed by atoms with Gasteiger partial charge in [-0.05, 0) is 23.1 Å². The predicted octanol–water partition coefficient (Wildman–Crippen LogP) is 3.89. The fourth-order valence-electron chi connectivity index (χ4n) is 1.51. The van der Waals surface area contributed by atoms with E-state index in [1.807, 2.05) is 6.07 Å². The molecule has 2 aromatic rings. The second kappa shape index (κ2) is 5.82. The summed E-state index contributed by atoms with van der Waals surface area (Å²) in [5.74, 6) is 1.51. The molecule has 0 amide bonds. The molecule has 0 bridgehead atoms. The standard InChI is InChI=1S/C14H16N2S/c1-11(2)13-6-4-12(5-7-13)10-17-14-15-8-3-9-16-14/h3-9,11H,10H2,1-2H3. The molecular formula is C14H16N2S. The predicted molar refractivity (Wildman–Crippen MR) is 72.1 cm³/mol. The number of benzene rings is 1. The Morgan fingerprint density at radius 2 is 1.71 bits per heavy atom. The molecule has 0 saturated heterocycles. The smallest absolute Gasteiger partial charge is 0.187 e. The van der Waals surface area contributed by atoms with E-state index in [2.05, 4.69) is 48.1 Å². The van der Waals surface area contributed by atoms with E-state index < -0.39 is 0 Å². The number of thioether (sulfide) groups is 1. The van der Waals surface area contributed by atoms with Crippen molar-refractivity contribution in [2.24, 2.45) is 0 Å². The fourth-order valence-corrected chi connectivity index (χ4v) is 2.27. The Bertz CT molecular complexity index is 451. The molecule has 1 aromatic carbocycles. The highest BCUT2D eigenvalue weighted by molar-refractivity contribution is 7.98. The summed E-state index contributed by atoms with van der Waals surface area (Å²) in [5, 5.41) is 0.834. The van der Waals surface area contributed by atoms with Gasteiger partial charge in [0.1, 0.15) is 0 Å². The highest BCUT2D eigenvalue weighted by atomic mass is 32.2. The van der Waals surface area contributed by atoms with Crippen molar-refractivity contribution in [3.63, 3.8) is 0 Å². The zero-order valence-corrected chi connectivity index (χ0v) is 10.9. The SMILES string of the molecule is CC(C)c1ccc(CSc2ncccn2)cc1. The summed E-state index contributed by atoms with van der Waals surface area (Å²) in [6, 6.07) is 10.6. The quantitative estimate of drug-likeness (QED) is 0.602. The van der Waals surface area contributed by atoms with Crippen LogP contribution in [0.1, 0.15) is 30.9 Å². The maximum absolute atomic E-state index is 4.19. The van der Waals surface area contributed by atoms with Gasteiger partial charge < -0.3 is 0 Å². The van der Waals surface area contributed by atoms with Crippen LogP contribution in [0.15, 0.2) is 47.9 Å². The highest BCUT2D eigenvalue weighted by Gasteiger charge is 2.00. The van der Waals surface area contributed by atoms with Gasteiger partial charge in [-0.2, -0.15) is 0 Å². The number of hydrogen-bond acceptors (Lipinski definition) is 3. The van der Waals surface area contributed by atoms with E-state index in [9.17, 15) is 0 Å². The van der Waals surface area contributed by atoms with Gasteiger partial charge in [0.2, 0.25) is 0 Å². The van der Waals surface area contributed by atoms with Crippen LogP contribution in [-0.4, -0.2) is 9.97 Å². The van der Waals surface area contributed by atoms with Crippen molar-refractivity contribution in [2.75, 3.05) is 0 Å².